The van der Waals surface area contributed by atoms with Crippen molar-refractivity contribution in [3.05, 3.63) is 23.0 Å². The highest BCUT2D eigenvalue weighted by atomic mass is 32.2. The second kappa shape index (κ2) is 13.5. The Labute approximate surface area is 278 Å². The Bertz CT molecular complexity index is 2050. The summed E-state index contributed by atoms with van der Waals surface area (Å²) in [4.78, 5) is 49.3. The lowest BCUT2D eigenvalue weighted by atomic mass is 9.95. The Morgan fingerprint density at radius 2 is 1.82 bits per heavy atom. The first-order chi connectivity index (χ1) is 22.8. The maximum Gasteiger partial charge on any atom is 0.280 e. The zero-order chi connectivity index (χ0) is 35.9. The van der Waals surface area contributed by atoms with E-state index in [0.717, 1.165) is 0 Å². The summed E-state index contributed by atoms with van der Waals surface area (Å²) in [5.74, 6) is -2.58. The molecule has 268 valence electrons. The number of aliphatic hydroxyl groups excluding tert-OH is 2. The van der Waals surface area contributed by atoms with Crippen LogP contribution < -0.4 is 27.7 Å². The summed E-state index contributed by atoms with van der Waals surface area (Å²) < 4.78 is 65.5. The number of hydrogen-bond acceptors (Lipinski definition) is 18. The average Bonchev–Trinajstić information content (AvgIpc) is 3.54. The molecule has 4 atom stereocenters. The third-order valence-electron chi connectivity index (χ3n) is 7.89. The number of nitrogens with two attached hydrogens (primary N) is 2. The summed E-state index contributed by atoms with van der Waals surface area (Å²) in [6, 6.07) is 0. The number of nitrogens with one attached hydrogen (secondary N) is 3. The standard InChI is InChI=1S/C25H36N12O10S2/c1-25(2)17(32-14-19(35-25)33-24(27)34-21(14)40)22(41)28-3-4-36(6-8-49(44,45)46)5-7-48(42,43)9-12-15(38)16(39)23(47-12)37-11-31-13-18(26)29-10-30-20(13)37/h10-12,15-16,23,38-39H,3-9H2,1-2H3,(H,28,41)(H2,26,29,30)(H,44,45,46)(H4,27,33,34,35,40)/t12-,15?,16?,23-/m1/s1. The molecule has 1 saturated heterocycles. The lowest BCUT2D eigenvalue weighted by molar-refractivity contribution is -0.115. The van der Waals surface area contributed by atoms with Crippen LogP contribution in [-0.4, -0.2) is 145 Å². The van der Waals surface area contributed by atoms with Crippen LogP contribution in [0.1, 0.15) is 20.1 Å². The Hall–Kier alpha value is -4.33. The van der Waals surface area contributed by atoms with Crippen molar-refractivity contribution >= 4 is 66.0 Å². The Morgan fingerprint density at radius 1 is 1.10 bits per heavy atom. The average molecular weight is 729 g/mol. The van der Waals surface area contributed by atoms with Gasteiger partial charge in [0.05, 0.1) is 29.1 Å². The molecule has 0 aliphatic carbocycles. The van der Waals surface area contributed by atoms with Crippen molar-refractivity contribution in [2.75, 3.05) is 60.2 Å². The highest BCUT2D eigenvalue weighted by Crippen LogP contribution is 2.33. The van der Waals surface area contributed by atoms with E-state index in [1.807, 2.05) is 0 Å². The molecule has 5 heterocycles. The molecule has 0 aromatic carbocycles. The molecule has 2 unspecified atom stereocenters. The molecule has 49 heavy (non-hydrogen) atoms. The zero-order valence-electron chi connectivity index (χ0n) is 26.2. The fourth-order valence-electron chi connectivity index (χ4n) is 5.36. The molecule has 5 rings (SSSR count). The maximum atomic E-state index is 13.1. The predicted octanol–water partition coefficient (Wildman–Crippen LogP) is -3.61. The van der Waals surface area contributed by atoms with E-state index in [-0.39, 0.29) is 66.3 Å². The Kier molecular flexibility index (Phi) is 9.93. The highest BCUT2D eigenvalue weighted by molar-refractivity contribution is 7.91. The lowest BCUT2D eigenvalue weighted by Gasteiger charge is -2.32. The first-order valence-electron chi connectivity index (χ1n) is 14.7. The number of anilines is 3. The number of imidazole rings is 1. The van der Waals surface area contributed by atoms with Crippen molar-refractivity contribution < 1.29 is 41.1 Å². The van der Waals surface area contributed by atoms with E-state index in [1.165, 1.54) is 22.1 Å². The number of hydrogen-bond donors (Lipinski definition) is 8. The second-order valence-corrected chi connectivity index (χ2v) is 15.8. The number of aliphatic hydroxyl groups is 2. The summed E-state index contributed by atoms with van der Waals surface area (Å²) >= 11 is 0. The van der Waals surface area contributed by atoms with Crippen molar-refractivity contribution in [2.45, 2.75) is 43.9 Å². The zero-order valence-corrected chi connectivity index (χ0v) is 27.8. The number of nitrogen functional groups attached to an aromatic ring is 2. The van der Waals surface area contributed by atoms with Gasteiger partial charge in [0.2, 0.25) is 5.95 Å². The Morgan fingerprint density at radius 3 is 2.53 bits per heavy atom. The van der Waals surface area contributed by atoms with E-state index in [2.05, 4.69) is 40.5 Å². The van der Waals surface area contributed by atoms with Crippen LogP contribution in [0.25, 0.3) is 11.2 Å². The molecule has 0 bridgehead atoms. The van der Waals surface area contributed by atoms with Gasteiger partial charge in [0, 0.05) is 26.2 Å². The van der Waals surface area contributed by atoms with E-state index >= 15 is 0 Å². The quantitative estimate of drug-likeness (QED) is 0.0788. The van der Waals surface area contributed by atoms with E-state index in [1.54, 1.807) is 13.8 Å². The minimum atomic E-state index is -4.42. The largest absolute Gasteiger partial charge is 0.387 e. The minimum absolute atomic E-state index is 0.0464. The summed E-state index contributed by atoms with van der Waals surface area (Å²) in [6.45, 7) is 2.60. The van der Waals surface area contributed by atoms with Crippen LogP contribution in [0.4, 0.5) is 23.3 Å². The number of carbonyl (C=O) groups is 1. The van der Waals surface area contributed by atoms with Gasteiger partial charge >= 0.3 is 0 Å². The molecule has 22 nitrogen and oxygen atoms in total. The number of aliphatic imine (C=N–C) groups is 1. The molecule has 0 spiro atoms. The van der Waals surface area contributed by atoms with Gasteiger partial charge in [0.25, 0.3) is 21.6 Å². The van der Waals surface area contributed by atoms with Gasteiger partial charge in [-0.1, -0.05) is 0 Å². The molecule has 3 aromatic rings. The number of aromatic amines is 1. The third-order valence-corrected chi connectivity index (χ3v) is 10.2. The number of ether oxygens (including phenoxy) is 1. The van der Waals surface area contributed by atoms with Gasteiger partial charge in [-0.2, -0.15) is 13.4 Å². The molecular weight excluding hydrogens is 692 g/mol. The summed E-state index contributed by atoms with van der Waals surface area (Å²) in [5.41, 5.74) is 9.87. The fourth-order valence-corrected chi connectivity index (χ4v) is 7.33. The molecule has 0 saturated carbocycles. The van der Waals surface area contributed by atoms with E-state index in [4.69, 9.17) is 16.2 Å². The maximum absolute atomic E-state index is 13.1. The van der Waals surface area contributed by atoms with Crippen LogP contribution in [-0.2, 0) is 29.5 Å². The fraction of sp³-hybridized carbons (Fsp3) is 0.560. The number of amides is 1. The van der Waals surface area contributed by atoms with Crippen LogP contribution in [0.3, 0.4) is 0 Å². The number of rotatable bonds is 13. The molecule has 0 radical (unpaired) electrons. The first kappa shape index (κ1) is 36.0. The molecule has 3 aromatic heterocycles. The number of aromatic nitrogens is 6. The SMILES string of the molecule is CC1(C)Nc2nc(N)[nH]c(=O)c2N=C1C(=O)NCCN(CCS(=O)(=O)O)CCS(=O)(=O)C[C@H]1O[C@@H](n2cnc3c(N)ncnc32)C(O)C1O. The van der Waals surface area contributed by atoms with Crippen LogP contribution in [0.2, 0.25) is 0 Å². The van der Waals surface area contributed by atoms with Gasteiger partial charge in [-0.3, -0.25) is 28.6 Å². The van der Waals surface area contributed by atoms with Gasteiger partial charge in [0.15, 0.2) is 39.0 Å². The molecule has 2 aliphatic heterocycles. The molecule has 10 N–H and O–H groups in total. The van der Waals surface area contributed by atoms with E-state index < -0.39 is 78.8 Å². The van der Waals surface area contributed by atoms with Gasteiger partial charge in [0.1, 0.15) is 35.9 Å². The minimum Gasteiger partial charge on any atom is -0.387 e. The van der Waals surface area contributed by atoms with Crippen molar-refractivity contribution in [3.8, 4) is 0 Å². The van der Waals surface area contributed by atoms with Gasteiger partial charge < -0.3 is 37.1 Å². The molecule has 1 amide bonds. The van der Waals surface area contributed by atoms with Gasteiger partial charge in [-0.25, -0.2) is 28.4 Å². The van der Waals surface area contributed by atoms with Crippen LogP contribution in [0.15, 0.2) is 22.4 Å². The summed E-state index contributed by atoms with van der Waals surface area (Å²) in [6.07, 6.45) is -3.28. The van der Waals surface area contributed by atoms with Crippen LogP contribution in [0, 0.1) is 0 Å². The highest BCUT2D eigenvalue weighted by Gasteiger charge is 2.46. The predicted molar refractivity (Wildman–Crippen MR) is 174 cm³/mol. The number of nitrogens with zero attached hydrogens (tertiary/aromatic N) is 7. The Balaban J connectivity index is 1.21. The van der Waals surface area contributed by atoms with E-state index in [0.29, 0.717) is 0 Å². The monoisotopic (exact) mass is 728 g/mol. The molecular formula is C25H36N12O10S2. The van der Waals surface area contributed by atoms with Gasteiger partial charge in [-0.05, 0) is 13.8 Å². The second-order valence-electron chi connectivity index (χ2n) is 12.0. The van der Waals surface area contributed by atoms with Crippen molar-refractivity contribution in [2.24, 2.45) is 4.99 Å². The number of fused-ring (bicyclic) bond motifs is 2. The van der Waals surface area contributed by atoms with Crippen molar-refractivity contribution in [3.63, 3.8) is 0 Å². The molecule has 24 heteroatoms. The normalized spacial score (nSPS) is 22.1. The lowest BCUT2D eigenvalue weighted by Crippen LogP contribution is -2.52. The van der Waals surface area contributed by atoms with Gasteiger partial charge in [-0.15, -0.1) is 0 Å². The summed E-state index contributed by atoms with van der Waals surface area (Å²) in [5, 5.41) is 26.9. The smallest absolute Gasteiger partial charge is 0.280 e. The van der Waals surface area contributed by atoms with Crippen molar-refractivity contribution in [1.29, 1.82) is 0 Å². The molecule has 2 aliphatic rings. The number of carbonyl (C=O) groups excluding carboxylic acids is 1. The topological polar surface area (TPSA) is 336 Å². The number of sulfone groups is 1. The molecule has 1 fully saturated rings. The summed E-state index contributed by atoms with van der Waals surface area (Å²) in [7, 11) is -8.42. The van der Waals surface area contributed by atoms with Crippen LogP contribution >= 0.6 is 0 Å². The third kappa shape index (κ3) is 8.11. The van der Waals surface area contributed by atoms with E-state index in [9.17, 15) is 41.2 Å². The first-order valence-corrected chi connectivity index (χ1v) is 18.2. The van der Waals surface area contributed by atoms with Crippen LogP contribution in [0.5, 0.6) is 0 Å². The number of H-pyrrole nitrogens is 1. The van der Waals surface area contributed by atoms with Crippen molar-refractivity contribution in [1.82, 2.24) is 39.7 Å².